The number of nitrogens with one attached hydrogen (secondary N) is 2. The SMILES string of the molecule is CCNCC(C)C(=O)Nc1c(F)cccc1Br. The first kappa shape index (κ1) is 14.1. The van der Waals surface area contributed by atoms with Gasteiger partial charge in [0.2, 0.25) is 5.91 Å². The number of hydrogen-bond donors (Lipinski definition) is 2. The molecule has 1 aromatic rings. The molecule has 0 fully saturated rings. The summed E-state index contributed by atoms with van der Waals surface area (Å²) in [6, 6.07) is 4.58. The van der Waals surface area contributed by atoms with Crippen LogP contribution in [0.3, 0.4) is 0 Å². The number of carbonyl (C=O) groups is 1. The van der Waals surface area contributed by atoms with Gasteiger partial charge in [-0.25, -0.2) is 4.39 Å². The van der Waals surface area contributed by atoms with Crippen molar-refractivity contribution in [2.45, 2.75) is 13.8 Å². The first-order valence-corrected chi connectivity index (χ1v) is 6.31. The van der Waals surface area contributed by atoms with E-state index in [-0.39, 0.29) is 17.5 Å². The zero-order valence-electron chi connectivity index (χ0n) is 9.89. The number of halogens is 2. The molecule has 1 atom stereocenters. The minimum atomic E-state index is -0.441. The predicted molar refractivity (Wildman–Crippen MR) is 70.4 cm³/mol. The van der Waals surface area contributed by atoms with Gasteiger partial charge in [0.15, 0.2) is 0 Å². The molecule has 0 saturated carbocycles. The highest BCUT2D eigenvalue weighted by molar-refractivity contribution is 9.10. The van der Waals surface area contributed by atoms with Crippen LogP contribution in [0.15, 0.2) is 22.7 Å². The average molecular weight is 303 g/mol. The highest BCUT2D eigenvalue weighted by atomic mass is 79.9. The van der Waals surface area contributed by atoms with Crippen molar-refractivity contribution in [3.8, 4) is 0 Å². The van der Waals surface area contributed by atoms with Crippen LogP contribution in [0, 0.1) is 11.7 Å². The first-order chi connectivity index (χ1) is 8.06. The Labute approximate surface area is 109 Å². The number of anilines is 1. The summed E-state index contributed by atoms with van der Waals surface area (Å²) in [7, 11) is 0. The van der Waals surface area contributed by atoms with E-state index in [1.807, 2.05) is 6.92 Å². The quantitative estimate of drug-likeness (QED) is 0.878. The zero-order valence-corrected chi connectivity index (χ0v) is 11.5. The molecule has 0 bridgehead atoms. The van der Waals surface area contributed by atoms with Crippen LogP contribution >= 0.6 is 15.9 Å². The second-order valence-electron chi connectivity index (χ2n) is 3.79. The topological polar surface area (TPSA) is 41.1 Å². The van der Waals surface area contributed by atoms with Gasteiger partial charge in [0.05, 0.1) is 5.69 Å². The lowest BCUT2D eigenvalue weighted by atomic mass is 10.1. The van der Waals surface area contributed by atoms with E-state index in [0.29, 0.717) is 11.0 Å². The molecule has 0 aromatic heterocycles. The Bertz CT molecular complexity index is 378. The lowest BCUT2D eigenvalue weighted by Gasteiger charge is -2.13. The summed E-state index contributed by atoms with van der Waals surface area (Å²) in [4.78, 5) is 11.8. The number of rotatable bonds is 5. The fourth-order valence-electron chi connectivity index (χ4n) is 1.32. The van der Waals surface area contributed by atoms with E-state index in [1.54, 1.807) is 19.1 Å². The predicted octanol–water partition coefficient (Wildman–Crippen LogP) is 2.77. The van der Waals surface area contributed by atoms with Crippen LogP contribution in [0.5, 0.6) is 0 Å². The third-order valence-electron chi connectivity index (χ3n) is 2.36. The summed E-state index contributed by atoms with van der Waals surface area (Å²) < 4.78 is 14.0. The van der Waals surface area contributed by atoms with Gasteiger partial charge in [-0.1, -0.05) is 19.9 Å². The lowest BCUT2D eigenvalue weighted by molar-refractivity contribution is -0.119. The van der Waals surface area contributed by atoms with Crippen LogP contribution in [0.4, 0.5) is 10.1 Å². The van der Waals surface area contributed by atoms with E-state index >= 15 is 0 Å². The molecule has 0 aliphatic heterocycles. The Hall–Kier alpha value is -0.940. The summed E-state index contributed by atoms with van der Waals surface area (Å²) in [5, 5.41) is 5.66. The summed E-state index contributed by atoms with van der Waals surface area (Å²) in [6.45, 7) is 5.15. The van der Waals surface area contributed by atoms with Crippen molar-refractivity contribution in [1.82, 2.24) is 5.32 Å². The molecule has 1 aromatic carbocycles. The molecule has 0 saturated heterocycles. The number of amides is 1. The van der Waals surface area contributed by atoms with Gasteiger partial charge in [0.1, 0.15) is 5.82 Å². The Morgan fingerprint density at radius 2 is 2.24 bits per heavy atom. The standard InChI is InChI=1S/C12H16BrFN2O/c1-3-15-7-8(2)12(17)16-11-9(13)5-4-6-10(11)14/h4-6,8,15H,3,7H2,1-2H3,(H,16,17). The normalized spacial score (nSPS) is 12.2. The van der Waals surface area contributed by atoms with Crippen molar-refractivity contribution < 1.29 is 9.18 Å². The second-order valence-corrected chi connectivity index (χ2v) is 4.65. The van der Waals surface area contributed by atoms with Gasteiger partial charge in [-0.2, -0.15) is 0 Å². The minimum absolute atomic E-state index is 0.195. The highest BCUT2D eigenvalue weighted by Gasteiger charge is 2.15. The van der Waals surface area contributed by atoms with Gasteiger partial charge in [-0.15, -0.1) is 0 Å². The van der Waals surface area contributed by atoms with E-state index in [2.05, 4.69) is 26.6 Å². The zero-order chi connectivity index (χ0) is 12.8. The number of para-hydroxylation sites is 1. The van der Waals surface area contributed by atoms with E-state index in [1.165, 1.54) is 6.07 Å². The molecule has 0 spiro atoms. The number of carbonyl (C=O) groups excluding carboxylic acids is 1. The summed E-state index contributed by atoms with van der Waals surface area (Å²) in [5.74, 6) is -0.846. The molecule has 17 heavy (non-hydrogen) atoms. The van der Waals surface area contributed by atoms with Gasteiger partial charge in [0.25, 0.3) is 0 Å². The van der Waals surface area contributed by atoms with Gasteiger partial charge in [0, 0.05) is 16.9 Å². The van der Waals surface area contributed by atoms with Crippen LogP contribution in [-0.4, -0.2) is 19.0 Å². The van der Waals surface area contributed by atoms with Crippen molar-refractivity contribution in [1.29, 1.82) is 0 Å². The molecule has 1 rings (SSSR count). The summed E-state index contributed by atoms with van der Waals surface area (Å²) in [6.07, 6.45) is 0. The average Bonchev–Trinajstić information content (AvgIpc) is 2.30. The molecule has 2 N–H and O–H groups in total. The van der Waals surface area contributed by atoms with Crippen molar-refractivity contribution in [2.75, 3.05) is 18.4 Å². The molecular formula is C12H16BrFN2O. The Kier molecular flexibility index (Phi) is 5.58. The minimum Gasteiger partial charge on any atom is -0.322 e. The van der Waals surface area contributed by atoms with Crippen LogP contribution in [0.2, 0.25) is 0 Å². The van der Waals surface area contributed by atoms with Crippen molar-refractivity contribution in [3.05, 3.63) is 28.5 Å². The maximum atomic E-state index is 13.5. The molecular weight excluding hydrogens is 287 g/mol. The fraction of sp³-hybridized carbons (Fsp3) is 0.417. The van der Waals surface area contributed by atoms with Crippen LogP contribution in [-0.2, 0) is 4.79 Å². The molecule has 5 heteroatoms. The molecule has 0 radical (unpaired) electrons. The van der Waals surface area contributed by atoms with Gasteiger partial charge >= 0.3 is 0 Å². The third-order valence-corrected chi connectivity index (χ3v) is 3.02. The summed E-state index contributed by atoms with van der Waals surface area (Å²) >= 11 is 3.21. The number of hydrogen-bond acceptors (Lipinski definition) is 2. The number of benzene rings is 1. The summed E-state index contributed by atoms with van der Waals surface area (Å²) in [5.41, 5.74) is 0.195. The first-order valence-electron chi connectivity index (χ1n) is 5.51. The second kappa shape index (κ2) is 6.71. The maximum Gasteiger partial charge on any atom is 0.228 e. The van der Waals surface area contributed by atoms with E-state index in [9.17, 15) is 9.18 Å². The van der Waals surface area contributed by atoms with Crippen LogP contribution in [0.1, 0.15) is 13.8 Å². The Balaban J connectivity index is 2.68. The van der Waals surface area contributed by atoms with Gasteiger partial charge in [-0.3, -0.25) is 4.79 Å². The van der Waals surface area contributed by atoms with E-state index in [4.69, 9.17) is 0 Å². The highest BCUT2D eigenvalue weighted by Crippen LogP contribution is 2.25. The molecule has 0 heterocycles. The fourth-order valence-corrected chi connectivity index (χ4v) is 1.76. The van der Waals surface area contributed by atoms with Crippen LogP contribution in [0.25, 0.3) is 0 Å². The largest absolute Gasteiger partial charge is 0.322 e. The van der Waals surface area contributed by atoms with Crippen molar-refractivity contribution in [2.24, 2.45) is 5.92 Å². The third kappa shape index (κ3) is 4.09. The van der Waals surface area contributed by atoms with E-state index in [0.717, 1.165) is 6.54 Å². The lowest BCUT2D eigenvalue weighted by Crippen LogP contribution is -2.30. The smallest absolute Gasteiger partial charge is 0.228 e. The molecule has 3 nitrogen and oxygen atoms in total. The maximum absolute atomic E-state index is 13.5. The monoisotopic (exact) mass is 302 g/mol. The van der Waals surface area contributed by atoms with E-state index < -0.39 is 5.82 Å². The molecule has 1 amide bonds. The molecule has 1 unspecified atom stereocenters. The van der Waals surface area contributed by atoms with Gasteiger partial charge < -0.3 is 10.6 Å². The molecule has 0 aliphatic rings. The molecule has 94 valence electrons. The van der Waals surface area contributed by atoms with Gasteiger partial charge in [-0.05, 0) is 34.6 Å². The van der Waals surface area contributed by atoms with Crippen molar-refractivity contribution >= 4 is 27.5 Å². The Morgan fingerprint density at radius 1 is 1.53 bits per heavy atom. The van der Waals surface area contributed by atoms with Crippen LogP contribution < -0.4 is 10.6 Å². The Morgan fingerprint density at radius 3 is 2.82 bits per heavy atom. The van der Waals surface area contributed by atoms with Crippen molar-refractivity contribution in [3.63, 3.8) is 0 Å². The molecule has 0 aliphatic carbocycles.